The van der Waals surface area contributed by atoms with E-state index in [1.54, 1.807) is 21.9 Å². The summed E-state index contributed by atoms with van der Waals surface area (Å²) in [4.78, 5) is 28.0. The fourth-order valence-electron chi connectivity index (χ4n) is 2.77. The fraction of sp³-hybridized carbons (Fsp3) is 0.579. The van der Waals surface area contributed by atoms with Crippen LogP contribution in [-0.2, 0) is 4.74 Å². The molecule has 1 N–H and O–H groups in total. The quantitative estimate of drug-likeness (QED) is 0.843. The first-order valence-electron chi connectivity index (χ1n) is 9.02. The van der Waals surface area contributed by atoms with Crippen molar-refractivity contribution >= 4 is 17.8 Å². The zero-order chi connectivity index (χ0) is 20.9. The van der Waals surface area contributed by atoms with E-state index in [9.17, 15) is 9.59 Å². The Bertz CT molecular complexity index is 683. The summed E-state index contributed by atoms with van der Waals surface area (Å²) in [6, 6.07) is 3.06. The van der Waals surface area contributed by atoms with Crippen molar-refractivity contribution in [3.05, 3.63) is 12.1 Å². The van der Waals surface area contributed by atoms with Gasteiger partial charge in [-0.2, -0.15) is 0 Å². The second-order valence-electron chi connectivity index (χ2n) is 7.30. The van der Waals surface area contributed by atoms with E-state index in [2.05, 4.69) is 5.32 Å². The number of methoxy groups -OCH3 is 3. The lowest BCUT2D eigenvalue weighted by Gasteiger charge is -2.35. The molecular weight excluding hydrogens is 366 g/mol. The number of hydrogen-bond acceptors (Lipinski definition) is 6. The van der Waals surface area contributed by atoms with Crippen molar-refractivity contribution in [2.24, 2.45) is 0 Å². The number of ether oxygens (including phenoxy) is 4. The molecule has 0 radical (unpaired) electrons. The molecular formula is C19H29N3O6. The molecule has 1 aliphatic heterocycles. The molecule has 156 valence electrons. The molecule has 0 atom stereocenters. The van der Waals surface area contributed by atoms with Crippen LogP contribution in [0.15, 0.2) is 12.1 Å². The minimum atomic E-state index is -0.544. The number of nitrogens with one attached hydrogen (secondary N) is 1. The number of nitrogens with zero attached hydrogens (tertiary/aromatic N) is 2. The zero-order valence-electron chi connectivity index (χ0n) is 17.3. The molecule has 1 heterocycles. The number of rotatable bonds is 4. The van der Waals surface area contributed by atoms with Crippen LogP contribution in [-0.4, -0.2) is 75.0 Å². The zero-order valence-corrected chi connectivity index (χ0v) is 17.3. The van der Waals surface area contributed by atoms with Crippen LogP contribution in [0.5, 0.6) is 17.2 Å². The van der Waals surface area contributed by atoms with E-state index in [1.165, 1.54) is 21.3 Å². The van der Waals surface area contributed by atoms with Crippen LogP contribution in [0.25, 0.3) is 0 Å². The molecule has 0 aromatic heterocycles. The highest BCUT2D eigenvalue weighted by Gasteiger charge is 2.28. The molecule has 0 spiro atoms. The molecule has 9 heteroatoms. The number of benzene rings is 1. The van der Waals surface area contributed by atoms with E-state index in [0.717, 1.165) is 0 Å². The average molecular weight is 395 g/mol. The van der Waals surface area contributed by atoms with E-state index < -0.39 is 5.60 Å². The second kappa shape index (κ2) is 8.90. The molecule has 0 bridgehead atoms. The summed E-state index contributed by atoms with van der Waals surface area (Å²) in [6.45, 7) is 7.13. The number of carbonyl (C=O) groups excluding carboxylic acids is 2. The van der Waals surface area contributed by atoms with Gasteiger partial charge in [-0.1, -0.05) is 0 Å². The number of carbonyl (C=O) groups is 2. The Hall–Kier alpha value is -2.84. The fourth-order valence-corrected chi connectivity index (χ4v) is 2.77. The lowest BCUT2D eigenvalue weighted by Crippen LogP contribution is -2.52. The third-order valence-electron chi connectivity index (χ3n) is 4.13. The van der Waals surface area contributed by atoms with Crippen molar-refractivity contribution in [1.29, 1.82) is 0 Å². The van der Waals surface area contributed by atoms with Crippen LogP contribution in [0, 0.1) is 0 Å². The van der Waals surface area contributed by atoms with Crippen molar-refractivity contribution in [2.75, 3.05) is 52.8 Å². The predicted octanol–water partition coefficient (Wildman–Crippen LogP) is 2.80. The number of piperazine rings is 1. The molecule has 9 nitrogen and oxygen atoms in total. The summed E-state index contributed by atoms with van der Waals surface area (Å²) < 4.78 is 21.2. The van der Waals surface area contributed by atoms with Gasteiger partial charge in [0.1, 0.15) is 5.60 Å². The van der Waals surface area contributed by atoms with E-state index in [0.29, 0.717) is 49.1 Å². The highest BCUT2D eigenvalue weighted by atomic mass is 16.6. The minimum absolute atomic E-state index is 0.266. The summed E-state index contributed by atoms with van der Waals surface area (Å²) in [5.74, 6) is 1.35. The highest BCUT2D eigenvalue weighted by molar-refractivity contribution is 5.90. The normalized spacial score (nSPS) is 14.4. The molecule has 1 saturated heterocycles. The van der Waals surface area contributed by atoms with E-state index >= 15 is 0 Å². The maximum absolute atomic E-state index is 12.6. The Labute approximate surface area is 165 Å². The van der Waals surface area contributed by atoms with Gasteiger partial charge in [-0.05, 0) is 20.8 Å². The molecule has 0 saturated carbocycles. The van der Waals surface area contributed by atoms with Gasteiger partial charge in [0, 0.05) is 38.3 Å². The van der Waals surface area contributed by atoms with E-state index in [1.807, 2.05) is 20.8 Å². The van der Waals surface area contributed by atoms with Crippen LogP contribution in [0.3, 0.4) is 0 Å². The van der Waals surface area contributed by atoms with Crippen LogP contribution in [0.2, 0.25) is 0 Å². The van der Waals surface area contributed by atoms with Gasteiger partial charge in [0.05, 0.1) is 27.0 Å². The van der Waals surface area contributed by atoms with Gasteiger partial charge >= 0.3 is 12.1 Å². The van der Waals surface area contributed by atoms with E-state index in [4.69, 9.17) is 18.9 Å². The molecule has 0 unspecified atom stereocenters. The summed E-state index contributed by atoms with van der Waals surface area (Å²) in [5, 5.41) is 2.83. The lowest BCUT2D eigenvalue weighted by molar-refractivity contribution is 0.0174. The van der Waals surface area contributed by atoms with Crippen LogP contribution >= 0.6 is 0 Å². The summed E-state index contributed by atoms with van der Waals surface area (Å²) in [5.41, 5.74) is -0.0213. The second-order valence-corrected chi connectivity index (χ2v) is 7.30. The summed E-state index contributed by atoms with van der Waals surface area (Å²) in [6.07, 6.45) is -0.364. The van der Waals surface area contributed by atoms with Crippen molar-refractivity contribution in [1.82, 2.24) is 9.80 Å². The Morgan fingerprint density at radius 3 is 1.82 bits per heavy atom. The first-order chi connectivity index (χ1) is 13.2. The molecule has 1 fully saturated rings. The van der Waals surface area contributed by atoms with Crippen molar-refractivity contribution in [2.45, 2.75) is 26.4 Å². The maximum Gasteiger partial charge on any atom is 0.410 e. The van der Waals surface area contributed by atoms with Crippen LogP contribution in [0.1, 0.15) is 20.8 Å². The number of hydrogen-bond donors (Lipinski definition) is 1. The van der Waals surface area contributed by atoms with Gasteiger partial charge in [0.2, 0.25) is 5.75 Å². The van der Waals surface area contributed by atoms with Gasteiger partial charge in [-0.15, -0.1) is 0 Å². The number of amides is 3. The first kappa shape index (κ1) is 21.5. The van der Waals surface area contributed by atoms with Gasteiger partial charge < -0.3 is 34.1 Å². The van der Waals surface area contributed by atoms with Crippen molar-refractivity contribution in [3.8, 4) is 17.2 Å². The Kier molecular flexibility index (Phi) is 6.82. The molecule has 1 aliphatic rings. The van der Waals surface area contributed by atoms with E-state index in [-0.39, 0.29) is 12.1 Å². The average Bonchev–Trinajstić information content (AvgIpc) is 2.65. The Balaban J connectivity index is 1.99. The first-order valence-corrected chi connectivity index (χ1v) is 9.02. The van der Waals surface area contributed by atoms with Crippen LogP contribution < -0.4 is 19.5 Å². The molecule has 3 amide bonds. The maximum atomic E-state index is 12.6. The minimum Gasteiger partial charge on any atom is -0.493 e. The van der Waals surface area contributed by atoms with Crippen molar-refractivity contribution < 1.29 is 28.5 Å². The predicted molar refractivity (Wildman–Crippen MR) is 104 cm³/mol. The molecule has 2 rings (SSSR count). The standard InChI is InChI=1S/C19H29N3O6/c1-19(2,3)28-18(24)22-9-7-21(8-10-22)17(23)20-13-11-14(25-4)16(27-6)15(12-13)26-5/h11-12H,7-10H2,1-6H3,(H,20,23). The molecule has 1 aromatic rings. The SMILES string of the molecule is COc1cc(NC(=O)N2CCN(C(=O)OC(C)(C)C)CC2)cc(OC)c1OC. The van der Waals surface area contributed by atoms with Gasteiger partial charge in [-0.25, -0.2) is 9.59 Å². The molecule has 0 aliphatic carbocycles. The third kappa shape index (κ3) is 5.34. The smallest absolute Gasteiger partial charge is 0.410 e. The van der Waals surface area contributed by atoms with Gasteiger partial charge in [0.25, 0.3) is 0 Å². The third-order valence-corrected chi connectivity index (χ3v) is 4.13. The largest absolute Gasteiger partial charge is 0.493 e. The monoisotopic (exact) mass is 395 g/mol. The summed E-state index contributed by atoms with van der Waals surface area (Å²) in [7, 11) is 4.54. The Morgan fingerprint density at radius 1 is 0.893 bits per heavy atom. The van der Waals surface area contributed by atoms with Gasteiger partial charge in [0.15, 0.2) is 11.5 Å². The number of anilines is 1. The Morgan fingerprint density at radius 2 is 1.39 bits per heavy atom. The summed E-state index contributed by atoms with van der Waals surface area (Å²) >= 11 is 0. The van der Waals surface area contributed by atoms with Crippen LogP contribution in [0.4, 0.5) is 15.3 Å². The molecule has 1 aromatic carbocycles. The number of urea groups is 1. The van der Waals surface area contributed by atoms with Crippen molar-refractivity contribution in [3.63, 3.8) is 0 Å². The highest BCUT2D eigenvalue weighted by Crippen LogP contribution is 2.40. The molecule has 28 heavy (non-hydrogen) atoms. The van der Waals surface area contributed by atoms with Gasteiger partial charge in [-0.3, -0.25) is 0 Å². The lowest BCUT2D eigenvalue weighted by atomic mass is 10.2. The topological polar surface area (TPSA) is 89.6 Å².